The molecule has 0 spiro atoms. The van der Waals surface area contributed by atoms with Crippen molar-refractivity contribution in [2.24, 2.45) is 11.8 Å². The van der Waals surface area contributed by atoms with Crippen LogP contribution in [0.4, 0.5) is 0 Å². The van der Waals surface area contributed by atoms with Gasteiger partial charge in [-0.2, -0.15) is 0 Å². The van der Waals surface area contributed by atoms with Gasteiger partial charge in [-0.1, -0.05) is 0 Å². The van der Waals surface area contributed by atoms with Crippen LogP contribution >= 0.6 is 0 Å². The number of rotatable bonds is 0. The second-order valence-electron chi connectivity index (χ2n) is 3.88. The fourth-order valence-electron chi connectivity index (χ4n) is 1.71. The molecule has 0 bridgehead atoms. The minimum atomic E-state index is -0.245. The van der Waals surface area contributed by atoms with Crippen molar-refractivity contribution in [2.75, 3.05) is 7.11 Å². The van der Waals surface area contributed by atoms with E-state index in [2.05, 4.69) is 16.6 Å². The molecular weight excluding hydrogens is 176 g/mol. The molecule has 2 nitrogen and oxygen atoms in total. The average Bonchev–Trinajstić information content (AvgIpc) is 2.83. The third-order valence-corrected chi connectivity index (χ3v) is 2.76. The van der Waals surface area contributed by atoms with Gasteiger partial charge >= 0.3 is 5.97 Å². The van der Waals surface area contributed by atoms with Gasteiger partial charge in [0, 0.05) is 19.8 Å². The maximum absolute atomic E-state index is 9.59. The van der Waals surface area contributed by atoms with Gasteiger partial charge in [-0.3, -0.25) is 4.79 Å². The summed E-state index contributed by atoms with van der Waals surface area (Å²) in [4.78, 5) is 9.59. The Morgan fingerprint density at radius 2 is 1.64 bits per heavy atom. The smallest absolute Gasteiger partial charge is 0.302 e. The second-order valence-corrected chi connectivity index (χ2v) is 3.88. The maximum Gasteiger partial charge on any atom is 0.302 e. The minimum absolute atomic E-state index is 0.245. The van der Waals surface area contributed by atoms with E-state index in [1.54, 1.807) is 0 Å². The highest BCUT2D eigenvalue weighted by molar-refractivity contribution is 5.65. The van der Waals surface area contributed by atoms with Gasteiger partial charge in [0.25, 0.3) is 0 Å². The van der Waals surface area contributed by atoms with Gasteiger partial charge in [-0.15, -0.1) is 11.8 Å². The van der Waals surface area contributed by atoms with Gasteiger partial charge in [0.15, 0.2) is 0 Å². The number of carbonyl (C=O) groups excluding carboxylic acids is 1. The van der Waals surface area contributed by atoms with Gasteiger partial charge in [-0.05, 0) is 31.1 Å². The standard InChI is InChI=1S/C9H12.C3H6O2/c1-2-4-6-9-7-8(9)5-3-1;1-3(4)5-2/h8-9H,3-7H2;1-2H3. The van der Waals surface area contributed by atoms with Gasteiger partial charge < -0.3 is 4.74 Å². The first-order chi connectivity index (χ1) is 6.74. The number of fused-ring (bicyclic) bond motifs is 1. The summed E-state index contributed by atoms with van der Waals surface area (Å²) in [6, 6.07) is 0. The van der Waals surface area contributed by atoms with Gasteiger partial charge in [0.2, 0.25) is 0 Å². The van der Waals surface area contributed by atoms with Crippen LogP contribution in [0, 0.1) is 23.7 Å². The molecule has 0 aliphatic heterocycles. The molecule has 14 heavy (non-hydrogen) atoms. The van der Waals surface area contributed by atoms with Crippen molar-refractivity contribution in [3.63, 3.8) is 0 Å². The molecule has 2 aliphatic carbocycles. The van der Waals surface area contributed by atoms with Crippen LogP contribution in [0.3, 0.4) is 0 Å². The number of hydrogen-bond acceptors (Lipinski definition) is 2. The van der Waals surface area contributed by atoms with Crippen molar-refractivity contribution in [2.45, 2.75) is 39.0 Å². The molecule has 2 unspecified atom stereocenters. The Morgan fingerprint density at radius 3 is 2.00 bits per heavy atom. The van der Waals surface area contributed by atoms with Crippen LogP contribution < -0.4 is 0 Å². The lowest BCUT2D eigenvalue weighted by Gasteiger charge is -1.96. The molecule has 1 saturated carbocycles. The Morgan fingerprint density at radius 1 is 1.21 bits per heavy atom. The van der Waals surface area contributed by atoms with Crippen molar-refractivity contribution >= 4 is 5.97 Å². The second kappa shape index (κ2) is 5.70. The normalized spacial score (nSPS) is 27.6. The summed E-state index contributed by atoms with van der Waals surface area (Å²) in [5, 5.41) is 0. The Balaban J connectivity index is 0.000000171. The summed E-state index contributed by atoms with van der Waals surface area (Å²) < 4.78 is 4.11. The van der Waals surface area contributed by atoms with E-state index in [-0.39, 0.29) is 5.97 Å². The van der Waals surface area contributed by atoms with Crippen molar-refractivity contribution in [3.05, 3.63) is 0 Å². The molecule has 2 heteroatoms. The Kier molecular flexibility index (Phi) is 4.52. The van der Waals surface area contributed by atoms with E-state index < -0.39 is 0 Å². The largest absolute Gasteiger partial charge is 0.469 e. The van der Waals surface area contributed by atoms with Gasteiger partial charge in [0.1, 0.15) is 0 Å². The van der Waals surface area contributed by atoms with Crippen molar-refractivity contribution in [3.8, 4) is 11.8 Å². The molecule has 0 amide bonds. The molecule has 2 aliphatic rings. The third-order valence-electron chi connectivity index (χ3n) is 2.76. The first-order valence-corrected chi connectivity index (χ1v) is 5.24. The molecule has 0 aromatic rings. The molecule has 2 atom stereocenters. The highest BCUT2D eigenvalue weighted by Crippen LogP contribution is 2.45. The van der Waals surface area contributed by atoms with Crippen molar-refractivity contribution in [1.82, 2.24) is 0 Å². The topological polar surface area (TPSA) is 26.3 Å². The SMILES string of the molecule is C1#CCCC2CC2CC1.COC(C)=O. The Bertz CT molecular complexity index is 231. The zero-order valence-corrected chi connectivity index (χ0v) is 9.01. The van der Waals surface area contributed by atoms with E-state index >= 15 is 0 Å². The summed E-state index contributed by atoms with van der Waals surface area (Å²) in [7, 11) is 1.35. The first-order valence-electron chi connectivity index (χ1n) is 5.24. The average molecular weight is 194 g/mol. The molecule has 0 saturated heterocycles. The lowest BCUT2D eigenvalue weighted by Crippen LogP contribution is -1.88. The van der Waals surface area contributed by atoms with Crippen LogP contribution in [-0.2, 0) is 9.53 Å². The molecule has 0 radical (unpaired) electrons. The predicted octanol–water partition coefficient (Wildman–Crippen LogP) is 2.38. The molecule has 0 N–H and O–H groups in total. The number of hydrogen-bond donors (Lipinski definition) is 0. The maximum atomic E-state index is 9.59. The lowest BCUT2D eigenvalue weighted by molar-refractivity contribution is -0.137. The third kappa shape index (κ3) is 4.32. The lowest BCUT2D eigenvalue weighted by atomic mass is 10.1. The number of methoxy groups -OCH3 is 1. The van der Waals surface area contributed by atoms with E-state index in [1.807, 2.05) is 0 Å². The summed E-state index contributed by atoms with van der Waals surface area (Å²) in [5.74, 6) is 8.31. The van der Waals surface area contributed by atoms with Crippen molar-refractivity contribution < 1.29 is 9.53 Å². The molecule has 0 heterocycles. The summed E-state index contributed by atoms with van der Waals surface area (Å²) >= 11 is 0. The quantitative estimate of drug-likeness (QED) is 0.437. The number of esters is 1. The van der Waals surface area contributed by atoms with Crippen molar-refractivity contribution in [1.29, 1.82) is 0 Å². The highest BCUT2D eigenvalue weighted by atomic mass is 16.5. The van der Waals surface area contributed by atoms with Gasteiger partial charge in [0.05, 0.1) is 7.11 Å². The van der Waals surface area contributed by atoms with Crippen LogP contribution in [0.15, 0.2) is 0 Å². The monoisotopic (exact) mass is 194 g/mol. The van der Waals surface area contributed by atoms with Crippen LogP contribution in [0.25, 0.3) is 0 Å². The molecular formula is C12H18O2. The van der Waals surface area contributed by atoms with Crippen LogP contribution in [-0.4, -0.2) is 13.1 Å². The predicted molar refractivity (Wildman–Crippen MR) is 55.5 cm³/mol. The zero-order valence-electron chi connectivity index (χ0n) is 9.01. The van der Waals surface area contributed by atoms with E-state index in [0.717, 1.165) is 11.8 Å². The summed E-state index contributed by atoms with van der Waals surface area (Å²) in [5.41, 5.74) is 0. The zero-order chi connectivity index (χ0) is 10.4. The van der Waals surface area contributed by atoms with Crippen LogP contribution in [0.5, 0.6) is 0 Å². The minimum Gasteiger partial charge on any atom is -0.469 e. The fourth-order valence-corrected chi connectivity index (χ4v) is 1.71. The molecule has 1 fully saturated rings. The van der Waals surface area contributed by atoms with Crippen LogP contribution in [0.2, 0.25) is 0 Å². The molecule has 0 aromatic heterocycles. The molecule has 2 rings (SSSR count). The number of carbonyl (C=O) groups is 1. The molecule has 78 valence electrons. The number of ether oxygens (including phenoxy) is 1. The van der Waals surface area contributed by atoms with Crippen LogP contribution in [0.1, 0.15) is 39.0 Å². The van der Waals surface area contributed by atoms with Gasteiger partial charge in [-0.25, -0.2) is 0 Å². The fraction of sp³-hybridized carbons (Fsp3) is 0.750. The first kappa shape index (κ1) is 11.1. The summed E-state index contributed by atoms with van der Waals surface area (Å²) in [6.07, 6.45) is 6.61. The summed E-state index contributed by atoms with van der Waals surface area (Å²) in [6.45, 7) is 1.36. The van der Waals surface area contributed by atoms with E-state index in [1.165, 1.54) is 46.1 Å². The Hall–Kier alpha value is -0.970. The van der Waals surface area contributed by atoms with E-state index in [9.17, 15) is 4.79 Å². The Labute approximate surface area is 86.0 Å². The van der Waals surface area contributed by atoms with E-state index in [4.69, 9.17) is 0 Å². The van der Waals surface area contributed by atoms with E-state index in [0.29, 0.717) is 0 Å². The highest BCUT2D eigenvalue weighted by Gasteiger charge is 2.35. The molecule has 0 aromatic carbocycles.